The van der Waals surface area contributed by atoms with Crippen LogP contribution in [-0.2, 0) is 4.74 Å². The fourth-order valence-electron chi connectivity index (χ4n) is 3.73. The van der Waals surface area contributed by atoms with Gasteiger partial charge in [0.05, 0.1) is 25.5 Å². The van der Waals surface area contributed by atoms with Crippen LogP contribution < -0.4 is 14.8 Å². The van der Waals surface area contributed by atoms with Gasteiger partial charge in [-0.2, -0.15) is 0 Å². The number of ether oxygens (including phenoxy) is 3. The molecule has 0 aliphatic carbocycles. The van der Waals surface area contributed by atoms with Crippen molar-refractivity contribution in [1.82, 2.24) is 9.38 Å². The number of nitrogens with zero attached hydrogens (tertiary/aromatic N) is 2. The van der Waals surface area contributed by atoms with Gasteiger partial charge in [0.25, 0.3) is 5.91 Å². The number of nitrogens with one attached hydrogen (secondary N) is 1. The smallest absolute Gasteiger partial charge is 0.260 e. The van der Waals surface area contributed by atoms with Gasteiger partial charge in [-0.1, -0.05) is 6.07 Å². The van der Waals surface area contributed by atoms with E-state index in [1.54, 1.807) is 26.5 Å². The molecule has 1 aromatic carbocycles. The number of carbonyl (C=O) groups is 1. The quantitative estimate of drug-likeness (QED) is 0.711. The summed E-state index contributed by atoms with van der Waals surface area (Å²) in [7, 11) is 3.17. The van der Waals surface area contributed by atoms with E-state index in [2.05, 4.69) is 5.32 Å². The largest absolute Gasteiger partial charge is 0.496 e. The van der Waals surface area contributed by atoms with Crippen molar-refractivity contribution in [2.45, 2.75) is 25.7 Å². The highest BCUT2D eigenvalue weighted by Gasteiger charge is 2.21. The van der Waals surface area contributed by atoms with Crippen LogP contribution in [0.1, 0.15) is 40.4 Å². The number of benzene rings is 1. The molecule has 0 saturated carbocycles. The number of imidazole rings is 1. The zero-order valence-electron chi connectivity index (χ0n) is 16.9. The molecule has 1 aliphatic rings. The highest BCUT2D eigenvalue weighted by molar-refractivity contribution is 6.06. The van der Waals surface area contributed by atoms with E-state index in [0.29, 0.717) is 22.9 Å². The number of amides is 1. The molecule has 1 amide bonds. The normalized spacial score (nSPS) is 14.7. The molecular formula is C22H25N3O4. The van der Waals surface area contributed by atoms with Crippen LogP contribution in [0.2, 0.25) is 0 Å². The minimum absolute atomic E-state index is 0.249. The average Bonchev–Trinajstić information content (AvgIpc) is 3.18. The van der Waals surface area contributed by atoms with E-state index in [-0.39, 0.29) is 5.91 Å². The second-order valence-corrected chi connectivity index (χ2v) is 7.16. The van der Waals surface area contributed by atoms with E-state index in [9.17, 15) is 4.79 Å². The van der Waals surface area contributed by atoms with Gasteiger partial charge in [0.2, 0.25) is 0 Å². The predicted molar refractivity (Wildman–Crippen MR) is 110 cm³/mol. The van der Waals surface area contributed by atoms with Crippen molar-refractivity contribution in [2.75, 3.05) is 32.8 Å². The second-order valence-electron chi connectivity index (χ2n) is 7.16. The van der Waals surface area contributed by atoms with Gasteiger partial charge in [-0.3, -0.25) is 4.79 Å². The molecule has 3 aromatic rings. The summed E-state index contributed by atoms with van der Waals surface area (Å²) in [5.74, 6) is 1.34. The van der Waals surface area contributed by atoms with Crippen LogP contribution in [0.5, 0.6) is 11.5 Å². The van der Waals surface area contributed by atoms with Gasteiger partial charge in [0.1, 0.15) is 17.1 Å². The first-order valence-electron chi connectivity index (χ1n) is 9.70. The fraction of sp³-hybridized carbons (Fsp3) is 0.364. The molecule has 1 N–H and O–H groups in total. The summed E-state index contributed by atoms with van der Waals surface area (Å²) < 4.78 is 18.2. The Labute approximate surface area is 169 Å². The summed E-state index contributed by atoms with van der Waals surface area (Å²) in [6.45, 7) is 3.43. The summed E-state index contributed by atoms with van der Waals surface area (Å²) in [6, 6.07) is 7.36. The molecule has 1 saturated heterocycles. The molecular weight excluding hydrogens is 370 g/mol. The van der Waals surface area contributed by atoms with Gasteiger partial charge in [-0.25, -0.2) is 4.98 Å². The molecule has 0 bridgehead atoms. The van der Waals surface area contributed by atoms with E-state index in [0.717, 1.165) is 48.7 Å². The van der Waals surface area contributed by atoms with Crippen molar-refractivity contribution >= 4 is 17.2 Å². The van der Waals surface area contributed by atoms with Gasteiger partial charge in [-0.15, -0.1) is 0 Å². The highest BCUT2D eigenvalue weighted by atomic mass is 16.5. The summed E-state index contributed by atoms with van der Waals surface area (Å²) >= 11 is 0. The zero-order valence-corrected chi connectivity index (χ0v) is 16.9. The Morgan fingerprint density at radius 1 is 1.17 bits per heavy atom. The molecule has 7 nitrogen and oxygen atoms in total. The number of pyridine rings is 1. The van der Waals surface area contributed by atoms with E-state index in [1.165, 1.54) is 0 Å². The Bertz CT molecular complexity index is 1040. The standard InChI is InChI=1S/C22H25N3O4/c1-14-17(5-4-6-19(14)27-2)24-22(26)16-12-25-13-18(15-7-9-29-10-8-15)23-21(25)11-20(16)28-3/h4-6,11-13,15H,7-10H2,1-3H3,(H,24,26). The number of methoxy groups -OCH3 is 2. The van der Waals surface area contributed by atoms with Crippen LogP contribution in [0.15, 0.2) is 36.7 Å². The van der Waals surface area contributed by atoms with Crippen molar-refractivity contribution in [3.63, 3.8) is 0 Å². The fourth-order valence-corrected chi connectivity index (χ4v) is 3.73. The predicted octanol–water partition coefficient (Wildman–Crippen LogP) is 3.81. The zero-order chi connectivity index (χ0) is 20.4. The molecule has 0 spiro atoms. The number of hydrogen-bond donors (Lipinski definition) is 1. The summed E-state index contributed by atoms with van der Waals surface area (Å²) in [4.78, 5) is 17.8. The Hall–Kier alpha value is -3.06. The Morgan fingerprint density at radius 3 is 2.66 bits per heavy atom. The van der Waals surface area contributed by atoms with E-state index < -0.39 is 0 Å². The lowest BCUT2D eigenvalue weighted by Crippen LogP contribution is -2.15. The van der Waals surface area contributed by atoms with Crippen molar-refractivity contribution < 1.29 is 19.0 Å². The highest BCUT2D eigenvalue weighted by Crippen LogP contribution is 2.30. The maximum Gasteiger partial charge on any atom is 0.260 e. The lowest BCUT2D eigenvalue weighted by Gasteiger charge is -2.19. The first kappa shape index (κ1) is 19.3. The maximum atomic E-state index is 13.0. The van der Waals surface area contributed by atoms with Crippen LogP contribution in [-0.4, -0.2) is 42.7 Å². The van der Waals surface area contributed by atoms with Crippen molar-refractivity contribution in [2.24, 2.45) is 0 Å². The van der Waals surface area contributed by atoms with E-state index in [4.69, 9.17) is 19.2 Å². The summed E-state index contributed by atoms with van der Waals surface area (Å²) in [5.41, 5.74) is 3.80. The summed E-state index contributed by atoms with van der Waals surface area (Å²) in [5, 5.41) is 2.96. The third-order valence-electron chi connectivity index (χ3n) is 5.43. The Kier molecular flexibility index (Phi) is 5.40. The first-order chi connectivity index (χ1) is 14.1. The number of anilines is 1. The Morgan fingerprint density at radius 2 is 1.93 bits per heavy atom. The van der Waals surface area contributed by atoms with Crippen LogP contribution >= 0.6 is 0 Å². The topological polar surface area (TPSA) is 74.1 Å². The third kappa shape index (κ3) is 3.78. The number of fused-ring (bicyclic) bond motifs is 1. The SMILES string of the molecule is COc1cc2nc(C3CCOCC3)cn2cc1C(=O)Nc1cccc(OC)c1C. The van der Waals surface area contributed by atoms with Gasteiger partial charge in [0, 0.05) is 48.8 Å². The van der Waals surface area contributed by atoms with Crippen LogP contribution in [0, 0.1) is 6.92 Å². The minimum Gasteiger partial charge on any atom is -0.496 e. The van der Waals surface area contributed by atoms with Gasteiger partial charge in [0.15, 0.2) is 0 Å². The number of hydrogen-bond acceptors (Lipinski definition) is 5. The first-order valence-corrected chi connectivity index (χ1v) is 9.70. The molecule has 29 heavy (non-hydrogen) atoms. The molecule has 0 unspecified atom stereocenters. The van der Waals surface area contributed by atoms with Crippen molar-refractivity contribution in [3.05, 3.63) is 53.5 Å². The van der Waals surface area contributed by atoms with Gasteiger partial charge in [-0.05, 0) is 31.9 Å². The molecule has 7 heteroatoms. The molecule has 1 fully saturated rings. The molecule has 0 atom stereocenters. The lowest BCUT2D eigenvalue weighted by molar-refractivity contribution is 0.0846. The maximum absolute atomic E-state index is 13.0. The lowest BCUT2D eigenvalue weighted by atomic mass is 9.97. The minimum atomic E-state index is -0.249. The molecule has 0 radical (unpaired) electrons. The van der Waals surface area contributed by atoms with Gasteiger partial charge < -0.3 is 23.9 Å². The third-order valence-corrected chi connectivity index (χ3v) is 5.43. The number of carbonyl (C=O) groups excluding carboxylic acids is 1. The molecule has 4 rings (SSSR count). The average molecular weight is 395 g/mol. The molecule has 1 aliphatic heterocycles. The number of aromatic nitrogens is 2. The summed E-state index contributed by atoms with van der Waals surface area (Å²) in [6.07, 6.45) is 5.69. The van der Waals surface area contributed by atoms with E-state index in [1.807, 2.05) is 35.7 Å². The molecule has 3 heterocycles. The monoisotopic (exact) mass is 395 g/mol. The Balaban J connectivity index is 1.66. The van der Waals surface area contributed by atoms with Crippen LogP contribution in [0.4, 0.5) is 5.69 Å². The van der Waals surface area contributed by atoms with Gasteiger partial charge >= 0.3 is 0 Å². The molecule has 152 valence electrons. The van der Waals surface area contributed by atoms with Crippen molar-refractivity contribution in [3.8, 4) is 11.5 Å². The number of rotatable bonds is 5. The van der Waals surface area contributed by atoms with Crippen LogP contribution in [0.25, 0.3) is 5.65 Å². The molecule has 2 aromatic heterocycles. The van der Waals surface area contributed by atoms with Crippen molar-refractivity contribution in [1.29, 1.82) is 0 Å². The van der Waals surface area contributed by atoms with E-state index >= 15 is 0 Å². The van der Waals surface area contributed by atoms with Crippen LogP contribution in [0.3, 0.4) is 0 Å². The second kappa shape index (κ2) is 8.13.